The molecular weight excluding hydrogens is 244 g/mol. The van der Waals surface area contributed by atoms with E-state index in [9.17, 15) is 14.7 Å². The van der Waals surface area contributed by atoms with Gasteiger partial charge in [0.25, 0.3) is 5.91 Å². The predicted octanol–water partition coefficient (Wildman–Crippen LogP) is 0.736. The van der Waals surface area contributed by atoms with E-state index in [2.05, 4.69) is 5.32 Å². The van der Waals surface area contributed by atoms with Gasteiger partial charge in [-0.3, -0.25) is 9.59 Å². The lowest BCUT2D eigenvalue weighted by atomic mass is 10.0. The molecule has 0 saturated carbocycles. The van der Waals surface area contributed by atoms with Crippen molar-refractivity contribution < 1.29 is 14.7 Å². The van der Waals surface area contributed by atoms with E-state index < -0.39 is 24.0 Å². The number of hydrogen-bond acceptors (Lipinski definition) is 3. The Balaban J connectivity index is 2.69. The molecule has 19 heavy (non-hydrogen) atoms. The molecule has 0 bridgehead atoms. The van der Waals surface area contributed by atoms with Gasteiger partial charge in [-0.25, -0.2) is 0 Å². The first kappa shape index (κ1) is 15.2. The van der Waals surface area contributed by atoms with Crippen LogP contribution in [-0.2, 0) is 9.59 Å². The number of amides is 2. The molecule has 0 heterocycles. The lowest BCUT2D eigenvalue weighted by molar-refractivity contribution is -0.133. The van der Waals surface area contributed by atoms with Crippen LogP contribution in [-0.4, -0.2) is 23.0 Å². The standard InChI is InChI=1S/C14H20N2O3/c1-9(2)8-11(13(15)18)16-14(19)12(17)10-6-4-3-5-7-10/h3-7,9,11-12,17H,8H2,1-2H3,(H2,15,18)(H,16,19)/t11-,12-/m0/s1. The molecule has 5 nitrogen and oxygen atoms in total. The number of nitrogens with one attached hydrogen (secondary N) is 1. The molecule has 0 aliphatic carbocycles. The first-order chi connectivity index (χ1) is 8.91. The van der Waals surface area contributed by atoms with Crippen molar-refractivity contribution in [2.24, 2.45) is 11.7 Å². The maximum absolute atomic E-state index is 11.9. The second-order valence-corrected chi connectivity index (χ2v) is 4.91. The lowest BCUT2D eigenvalue weighted by Crippen LogP contribution is -2.46. The number of rotatable bonds is 6. The molecule has 0 aliphatic rings. The van der Waals surface area contributed by atoms with Crippen molar-refractivity contribution in [3.05, 3.63) is 35.9 Å². The minimum atomic E-state index is -1.30. The Kier molecular flexibility index (Phi) is 5.51. The number of aliphatic hydroxyl groups is 1. The number of hydrogen-bond donors (Lipinski definition) is 3. The molecule has 0 aromatic heterocycles. The molecule has 5 heteroatoms. The zero-order valence-corrected chi connectivity index (χ0v) is 11.2. The van der Waals surface area contributed by atoms with E-state index >= 15 is 0 Å². The van der Waals surface area contributed by atoms with E-state index in [1.165, 1.54) is 0 Å². The molecule has 0 radical (unpaired) electrons. The van der Waals surface area contributed by atoms with Gasteiger partial charge in [-0.2, -0.15) is 0 Å². The van der Waals surface area contributed by atoms with Crippen molar-refractivity contribution in [2.75, 3.05) is 0 Å². The van der Waals surface area contributed by atoms with Crippen LogP contribution in [0.15, 0.2) is 30.3 Å². The van der Waals surface area contributed by atoms with Crippen molar-refractivity contribution in [3.63, 3.8) is 0 Å². The summed E-state index contributed by atoms with van der Waals surface area (Å²) in [5, 5.41) is 12.4. The molecule has 0 spiro atoms. The molecule has 0 aliphatic heterocycles. The topological polar surface area (TPSA) is 92.4 Å². The van der Waals surface area contributed by atoms with Gasteiger partial charge in [-0.05, 0) is 17.9 Å². The first-order valence-electron chi connectivity index (χ1n) is 6.24. The van der Waals surface area contributed by atoms with Gasteiger partial charge < -0.3 is 16.2 Å². The smallest absolute Gasteiger partial charge is 0.254 e. The summed E-state index contributed by atoms with van der Waals surface area (Å²) >= 11 is 0. The molecular formula is C14H20N2O3. The van der Waals surface area contributed by atoms with Gasteiger partial charge in [-0.15, -0.1) is 0 Å². The fourth-order valence-corrected chi connectivity index (χ4v) is 1.75. The molecule has 1 rings (SSSR count). The predicted molar refractivity (Wildman–Crippen MR) is 72.0 cm³/mol. The molecule has 4 N–H and O–H groups in total. The van der Waals surface area contributed by atoms with E-state index in [4.69, 9.17) is 5.73 Å². The Labute approximate surface area is 112 Å². The Hall–Kier alpha value is -1.88. The Morgan fingerprint density at radius 1 is 1.26 bits per heavy atom. The first-order valence-corrected chi connectivity index (χ1v) is 6.24. The molecule has 1 aromatic rings. The van der Waals surface area contributed by atoms with Gasteiger partial charge in [0.2, 0.25) is 5.91 Å². The maximum atomic E-state index is 11.9. The number of nitrogens with two attached hydrogens (primary N) is 1. The lowest BCUT2D eigenvalue weighted by Gasteiger charge is -2.19. The Morgan fingerprint density at radius 3 is 2.32 bits per heavy atom. The van der Waals surface area contributed by atoms with Gasteiger partial charge in [0.05, 0.1) is 0 Å². The molecule has 0 saturated heterocycles. The summed E-state index contributed by atoms with van der Waals surface area (Å²) in [5.74, 6) is -0.996. The second kappa shape index (κ2) is 6.89. The number of benzene rings is 1. The third kappa shape index (κ3) is 4.71. The summed E-state index contributed by atoms with van der Waals surface area (Å²) < 4.78 is 0. The zero-order valence-electron chi connectivity index (χ0n) is 11.2. The highest BCUT2D eigenvalue weighted by molar-refractivity contribution is 5.88. The van der Waals surface area contributed by atoms with Crippen LogP contribution in [0, 0.1) is 5.92 Å². The third-order valence-corrected chi connectivity index (χ3v) is 2.73. The van der Waals surface area contributed by atoms with Crippen molar-refractivity contribution >= 4 is 11.8 Å². The van der Waals surface area contributed by atoms with Crippen LogP contribution < -0.4 is 11.1 Å². The Morgan fingerprint density at radius 2 is 1.84 bits per heavy atom. The summed E-state index contributed by atoms with van der Waals surface area (Å²) in [6.07, 6.45) is -0.849. The van der Waals surface area contributed by atoms with E-state index in [0.717, 1.165) is 0 Å². The highest BCUT2D eigenvalue weighted by atomic mass is 16.3. The van der Waals surface area contributed by atoms with Gasteiger partial charge in [0.15, 0.2) is 6.10 Å². The van der Waals surface area contributed by atoms with Crippen LogP contribution in [0.25, 0.3) is 0 Å². The molecule has 0 unspecified atom stereocenters. The van der Waals surface area contributed by atoms with Crippen molar-refractivity contribution in [2.45, 2.75) is 32.4 Å². The van der Waals surface area contributed by atoms with Gasteiger partial charge >= 0.3 is 0 Å². The number of carbonyl (C=O) groups excluding carboxylic acids is 2. The summed E-state index contributed by atoms with van der Waals surface area (Å²) in [6, 6.07) is 7.78. The second-order valence-electron chi connectivity index (χ2n) is 4.91. The third-order valence-electron chi connectivity index (χ3n) is 2.73. The van der Waals surface area contributed by atoms with E-state index in [1.807, 2.05) is 13.8 Å². The molecule has 2 amide bonds. The van der Waals surface area contributed by atoms with Crippen LogP contribution in [0.1, 0.15) is 31.9 Å². The fraction of sp³-hybridized carbons (Fsp3) is 0.429. The number of primary amides is 1. The van der Waals surface area contributed by atoms with Crippen LogP contribution in [0.4, 0.5) is 0 Å². The van der Waals surface area contributed by atoms with Gasteiger partial charge in [0, 0.05) is 0 Å². The van der Waals surface area contributed by atoms with Crippen molar-refractivity contribution in [3.8, 4) is 0 Å². The average molecular weight is 264 g/mol. The fourth-order valence-electron chi connectivity index (χ4n) is 1.75. The van der Waals surface area contributed by atoms with Crippen LogP contribution in [0.3, 0.4) is 0 Å². The van der Waals surface area contributed by atoms with E-state index in [0.29, 0.717) is 12.0 Å². The molecule has 104 valence electrons. The van der Waals surface area contributed by atoms with Gasteiger partial charge in [0.1, 0.15) is 6.04 Å². The summed E-state index contributed by atoms with van der Waals surface area (Å²) in [7, 11) is 0. The molecule has 1 aromatic carbocycles. The minimum Gasteiger partial charge on any atom is -0.378 e. The molecule has 0 fully saturated rings. The van der Waals surface area contributed by atoms with Gasteiger partial charge in [-0.1, -0.05) is 44.2 Å². The Bertz CT molecular complexity index is 432. The normalized spacial score (nSPS) is 13.9. The quantitative estimate of drug-likeness (QED) is 0.707. The zero-order chi connectivity index (χ0) is 14.4. The largest absolute Gasteiger partial charge is 0.378 e. The van der Waals surface area contributed by atoms with Crippen molar-refractivity contribution in [1.82, 2.24) is 5.32 Å². The SMILES string of the molecule is CC(C)C[C@H](NC(=O)[C@@H](O)c1ccccc1)C(N)=O. The number of carbonyl (C=O) groups is 2. The average Bonchev–Trinajstić information content (AvgIpc) is 2.37. The van der Waals surface area contributed by atoms with Crippen LogP contribution in [0.5, 0.6) is 0 Å². The summed E-state index contributed by atoms with van der Waals surface area (Å²) in [6.45, 7) is 3.85. The number of aliphatic hydroxyl groups excluding tert-OH is 1. The highest BCUT2D eigenvalue weighted by Gasteiger charge is 2.24. The highest BCUT2D eigenvalue weighted by Crippen LogP contribution is 2.13. The maximum Gasteiger partial charge on any atom is 0.254 e. The summed E-state index contributed by atoms with van der Waals surface area (Å²) in [4.78, 5) is 23.1. The van der Waals surface area contributed by atoms with Crippen molar-refractivity contribution in [1.29, 1.82) is 0 Å². The molecule has 2 atom stereocenters. The van der Waals surface area contributed by atoms with Crippen LogP contribution >= 0.6 is 0 Å². The van der Waals surface area contributed by atoms with Crippen LogP contribution in [0.2, 0.25) is 0 Å². The van der Waals surface area contributed by atoms with E-state index in [1.54, 1.807) is 30.3 Å². The minimum absolute atomic E-state index is 0.215. The monoisotopic (exact) mass is 264 g/mol. The van der Waals surface area contributed by atoms with E-state index in [-0.39, 0.29) is 5.92 Å². The summed E-state index contributed by atoms with van der Waals surface area (Å²) in [5.41, 5.74) is 5.72.